The Bertz CT molecular complexity index is 971. The van der Waals surface area contributed by atoms with E-state index in [1.165, 1.54) is 0 Å². The molecule has 0 fully saturated rings. The Morgan fingerprint density at radius 2 is 2.00 bits per heavy atom. The molecule has 3 aromatic rings. The van der Waals surface area contributed by atoms with Crippen LogP contribution in [0.4, 0.5) is 0 Å². The lowest BCUT2D eigenvalue weighted by Gasteiger charge is -2.20. The highest BCUT2D eigenvalue weighted by Crippen LogP contribution is 2.32. The predicted molar refractivity (Wildman–Crippen MR) is 99.9 cm³/mol. The summed E-state index contributed by atoms with van der Waals surface area (Å²) in [4.78, 5) is 12.4. The van der Waals surface area contributed by atoms with Crippen molar-refractivity contribution in [3.05, 3.63) is 52.1 Å². The van der Waals surface area contributed by atoms with Crippen molar-refractivity contribution in [2.24, 2.45) is 0 Å². The number of aromatic nitrogens is 2. The van der Waals surface area contributed by atoms with Crippen LogP contribution in [0.15, 0.2) is 41.0 Å². The van der Waals surface area contributed by atoms with Gasteiger partial charge in [-0.1, -0.05) is 28.1 Å². The van der Waals surface area contributed by atoms with Gasteiger partial charge < -0.3 is 9.84 Å². The molecule has 0 spiro atoms. The molecule has 6 heteroatoms. The van der Waals surface area contributed by atoms with Crippen molar-refractivity contribution in [1.82, 2.24) is 9.61 Å². The van der Waals surface area contributed by atoms with Crippen molar-refractivity contribution < 1.29 is 14.6 Å². The molecule has 0 unspecified atom stereocenters. The topological polar surface area (TPSA) is 63.8 Å². The SMILES string of the molecule is Cc1cn2nc(-c3cccc(Br)c3)cc2c(O)c1C(=O)OC(C)(C)C. The Morgan fingerprint density at radius 3 is 2.64 bits per heavy atom. The molecule has 1 aromatic carbocycles. The van der Waals surface area contributed by atoms with Crippen molar-refractivity contribution in [3.8, 4) is 17.0 Å². The maximum absolute atomic E-state index is 12.4. The predicted octanol–water partition coefficient (Wildman–Crippen LogP) is 4.73. The molecule has 1 N–H and O–H groups in total. The van der Waals surface area contributed by atoms with Crippen LogP contribution in [0, 0.1) is 6.92 Å². The first-order valence-electron chi connectivity index (χ1n) is 7.87. The van der Waals surface area contributed by atoms with E-state index in [-0.39, 0.29) is 11.3 Å². The first-order valence-corrected chi connectivity index (χ1v) is 8.66. The number of ether oxygens (including phenoxy) is 1. The molecule has 0 aliphatic heterocycles. The molecule has 0 saturated carbocycles. The summed E-state index contributed by atoms with van der Waals surface area (Å²) in [7, 11) is 0. The van der Waals surface area contributed by atoms with E-state index in [2.05, 4.69) is 21.0 Å². The molecular formula is C19H19BrN2O3. The van der Waals surface area contributed by atoms with Crippen LogP contribution >= 0.6 is 15.9 Å². The summed E-state index contributed by atoms with van der Waals surface area (Å²) >= 11 is 3.44. The van der Waals surface area contributed by atoms with Crippen LogP contribution in [-0.2, 0) is 4.74 Å². The van der Waals surface area contributed by atoms with E-state index in [4.69, 9.17) is 4.74 Å². The van der Waals surface area contributed by atoms with Crippen LogP contribution in [-0.4, -0.2) is 26.3 Å². The Kier molecular flexibility index (Phi) is 4.33. The van der Waals surface area contributed by atoms with Gasteiger partial charge in [-0.2, -0.15) is 5.10 Å². The van der Waals surface area contributed by atoms with Crippen LogP contribution in [0.2, 0.25) is 0 Å². The molecule has 0 bridgehead atoms. The number of esters is 1. The zero-order valence-corrected chi connectivity index (χ0v) is 16.1. The number of hydrogen-bond acceptors (Lipinski definition) is 4. The number of halogens is 1. The highest BCUT2D eigenvalue weighted by molar-refractivity contribution is 9.10. The monoisotopic (exact) mass is 402 g/mol. The van der Waals surface area contributed by atoms with Crippen LogP contribution in [0.25, 0.3) is 16.8 Å². The largest absolute Gasteiger partial charge is 0.505 e. The molecule has 0 atom stereocenters. The average molecular weight is 403 g/mol. The van der Waals surface area contributed by atoms with Crippen molar-refractivity contribution in [1.29, 1.82) is 0 Å². The zero-order chi connectivity index (χ0) is 18.4. The quantitative estimate of drug-likeness (QED) is 0.629. The Morgan fingerprint density at radius 1 is 1.28 bits per heavy atom. The number of hydrogen-bond donors (Lipinski definition) is 1. The number of carbonyl (C=O) groups excluding carboxylic acids is 1. The molecule has 25 heavy (non-hydrogen) atoms. The standard InChI is InChI=1S/C19H19BrN2O3/c1-11-10-22-15(17(23)16(11)18(24)25-19(2,3)4)9-14(21-22)12-6-5-7-13(20)8-12/h5-10,23H,1-4H3. The van der Waals surface area contributed by atoms with Crippen LogP contribution in [0.5, 0.6) is 5.75 Å². The summed E-state index contributed by atoms with van der Waals surface area (Å²) < 4.78 is 7.93. The second-order valence-corrected chi connectivity index (χ2v) is 7.82. The molecule has 130 valence electrons. The fraction of sp³-hybridized carbons (Fsp3) is 0.263. The number of aryl methyl sites for hydroxylation is 1. The fourth-order valence-electron chi connectivity index (χ4n) is 2.61. The van der Waals surface area contributed by atoms with E-state index in [1.54, 1.807) is 44.5 Å². The molecular weight excluding hydrogens is 384 g/mol. The number of aromatic hydroxyl groups is 1. The molecule has 0 aliphatic carbocycles. The van der Waals surface area contributed by atoms with E-state index >= 15 is 0 Å². The van der Waals surface area contributed by atoms with Gasteiger partial charge in [-0.15, -0.1) is 0 Å². The Balaban J connectivity index is 2.12. The summed E-state index contributed by atoms with van der Waals surface area (Å²) in [6, 6.07) is 9.48. The lowest BCUT2D eigenvalue weighted by Crippen LogP contribution is -2.24. The lowest BCUT2D eigenvalue weighted by molar-refractivity contribution is 0.00660. The summed E-state index contributed by atoms with van der Waals surface area (Å²) in [6.07, 6.45) is 1.72. The molecule has 2 aromatic heterocycles. The molecule has 3 rings (SSSR count). The maximum atomic E-state index is 12.4. The van der Waals surface area contributed by atoms with E-state index in [0.717, 1.165) is 10.0 Å². The van der Waals surface area contributed by atoms with E-state index in [9.17, 15) is 9.90 Å². The normalized spacial score (nSPS) is 11.7. The average Bonchev–Trinajstić information content (AvgIpc) is 2.89. The molecule has 0 radical (unpaired) electrons. The lowest BCUT2D eigenvalue weighted by atomic mass is 10.1. The minimum atomic E-state index is -0.635. The zero-order valence-electron chi connectivity index (χ0n) is 14.5. The molecule has 0 saturated heterocycles. The van der Waals surface area contributed by atoms with Gasteiger partial charge in [0.15, 0.2) is 5.75 Å². The second-order valence-electron chi connectivity index (χ2n) is 6.91. The minimum Gasteiger partial charge on any atom is -0.505 e. The van der Waals surface area contributed by atoms with Gasteiger partial charge in [0.25, 0.3) is 0 Å². The van der Waals surface area contributed by atoms with Gasteiger partial charge in [0.2, 0.25) is 0 Å². The number of rotatable bonds is 2. The molecule has 5 nitrogen and oxygen atoms in total. The number of carbonyl (C=O) groups is 1. The van der Waals surface area contributed by atoms with E-state index < -0.39 is 11.6 Å². The first kappa shape index (κ1) is 17.5. The van der Waals surface area contributed by atoms with Crippen LogP contribution in [0.3, 0.4) is 0 Å². The highest BCUT2D eigenvalue weighted by Gasteiger charge is 2.24. The van der Waals surface area contributed by atoms with Crippen LogP contribution in [0.1, 0.15) is 36.7 Å². The van der Waals surface area contributed by atoms with Gasteiger partial charge in [-0.3, -0.25) is 0 Å². The third-order valence-electron chi connectivity index (χ3n) is 3.65. The van der Waals surface area contributed by atoms with Crippen molar-refractivity contribution in [2.75, 3.05) is 0 Å². The van der Waals surface area contributed by atoms with Crippen molar-refractivity contribution >= 4 is 27.4 Å². The summed E-state index contributed by atoms with van der Waals surface area (Å²) in [5.41, 5.74) is 2.21. The van der Waals surface area contributed by atoms with Gasteiger partial charge in [0.1, 0.15) is 16.7 Å². The fourth-order valence-corrected chi connectivity index (χ4v) is 3.01. The summed E-state index contributed by atoms with van der Waals surface area (Å²) in [6.45, 7) is 7.12. The number of nitrogens with zero attached hydrogens (tertiary/aromatic N) is 2. The number of pyridine rings is 1. The third kappa shape index (κ3) is 3.54. The van der Waals surface area contributed by atoms with Crippen LogP contribution < -0.4 is 0 Å². The van der Waals surface area contributed by atoms with Gasteiger partial charge in [0, 0.05) is 16.2 Å². The number of benzene rings is 1. The highest BCUT2D eigenvalue weighted by atomic mass is 79.9. The molecule has 0 amide bonds. The van der Waals surface area contributed by atoms with Gasteiger partial charge in [-0.25, -0.2) is 9.31 Å². The van der Waals surface area contributed by atoms with E-state index in [1.807, 2.05) is 24.3 Å². The molecule has 2 heterocycles. The summed E-state index contributed by atoms with van der Waals surface area (Å²) in [5, 5.41) is 15.1. The van der Waals surface area contributed by atoms with Gasteiger partial charge in [-0.05, 0) is 51.5 Å². The van der Waals surface area contributed by atoms with E-state index in [0.29, 0.717) is 16.8 Å². The smallest absolute Gasteiger partial charge is 0.342 e. The second kappa shape index (κ2) is 6.19. The third-order valence-corrected chi connectivity index (χ3v) is 4.14. The Hall–Kier alpha value is -2.34. The first-order chi connectivity index (χ1) is 11.7. The maximum Gasteiger partial charge on any atom is 0.342 e. The van der Waals surface area contributed by atoms with Gasteiger partial charge in [0.05, 0.1) is 5.69 Å². The minimum absolute atomic E-state index is 0.122. The van der Waals surface area contributed by atoms with Crippen molar-refractivity contribution in [2.45, 2.75) is 33.3 Å². The van der Waals surface area contributed by atoms with Crippen molar-refractivity contribution in [3.63, 3.8) is 0 Å². The number of fused-ring (bicyclic) bond motifs is 1. The van der Waals surface area contributed by atoms with Gasteiger partial charge >= 0.3 is 5.97 Å². The summed E-state index contributed by atoms with van der Waals surface area (Å²) in [5.74, 6) is -0.668. The molecule has 0 aliphatic rings. The Labute approximate surface area is 154 Å².